The van der Waals surface area contributed by atoms with Crippen LogP contribution in [0.3, 0.4) is 0 Å². The maximum atomic E-state index is 11.1. The van der Waals surface area contributed by atoms with Crippen LogP contribution in [0.4, 0.5) is 0 Å². The SMILES string of the molecule is C[C@H]1CC[C@@H](CC=O)N1C12CC3CC(C)(CC(C)(C3)C1)C2. The van der Waals surface area contributed by atoms with Gasteiger partial charge in [0.15, 0.2) is 0 Å². The number of hydrogen-bond acceptors (Lipinski definition) is 2. The van der Waals surface area contributed by atoms with Gasteiger partial charge in [0.05, 0.1) is 0 Å². The Kier molecular flexibility index (Phi) is 2.94. The lowest BCUT2D eigenvalue weighted by Crippen LogP contribution is -2.67. The molecule has 0 N–H and O–H groups in total. The van der Waals surface area contributed by atoms with Crippen molar-refractivity contribution < 1.29 is 4.79 Å². The first kappa shape index (κ1) is 14.2. The van der Waals surface area contributed by atoms with E-state index in [1.54, 1.807) is 0 Å². The molecule has 0 aromatic heterocycles. The van der Waals surface area contributed by atoms with Gasteiger partial charge in [-0.2, -0.15) is 0 Å². The van der Waals surface area contributed by atoms with E-state index in [-0.39, 0.29) is 0 Å². The van der Waals surface area contributed by atoms with Crippen LogP contribution in [0.2, 0.25) is 0 Å². The molecule has 0 aromatic carbocycles. The van der Waals surface area contributed by atoms with Crippen molar-refractivity contribution in [2.75, 3.05) is 0 Å². The molecular weight excluding hydrogens is 258 g/mol. The molecule has 4 saturated carbocycles. The minimum Gasteiger partial charge on any atom is -0.303 e. The molecule has 2 nitrogen and oxygen atoms in total. The van der Waals surface area contributed by atoms with Crippen molar-refractivity contribution in [1.29, 1.82) is 0 Å². The lowest BCUT2D eigenvalue weighted by Gasteiger charge is -2.68. The maximum Gasteiger partial charge on any atom is 0.121 e. The largest absolute Gasteiger partial charge is 0.303 e. The molecule has 118 valence electrons. The number of likely N-dealkylation sites (tertiary alicyclic amines) is 1. The predicted octanol–water partition coefficient (Wildman–Crippen LogP) is 4.18. The standard InChI is InChI=1S/C19H31NO/c1-14-4-5-16(6-7-21)20(14)19-10-15-8-17(2,12-19)11-18(3,9-15)13-19/h7,14-16H,4-6,8-13H2,1-3H3/t14-,15?,16-,17?,18?,19?/m0/s1. The van der Waals surface area contributed by atoms with Gasteiger partial charge in [0.25, 0.3) is 0 Å². The van der Waals surface area contributed by atoms with E-state index in [2.05, 4.69) is 25.7 Å². The van der Waals surface area contributed by atoms with E-state index < -0.39 is 0 Å². The van der Waals surface area contributed by atoms with E-state index in [0.29, 0.717) is 28.5 Å². The van der Waals surface area contributed by atoms with Crippen LogP contribution in [-0.2, 0) is 4.79 Å². The lowest BCUT2D eigenvalue weighted by atomic mass is 9.42. The second kappa shape index (κ2) is 4.34. The van der Waals surface area contributed by atoms with E-state index in [0.717, 1.165) is 12.3 Å². The molecule has 1 aliphatic heterocycles. The number of carbonyl (C=O) groups is 1. The Bertz CT molecular complexity index is 440. The van der Waals surface area contributed by atoms with Gasteiger partial charge in [0, 0.05) is 24.0 Å². The Morgan fingerprint density at radius 2 is 1.71 bits per heavy atom. The van der Waals surface area contributed by atoms with Crippen LogP contribution in [0.15, 0.2) is 0 Å². The van der Waals surface area contributed by atoms with Gasteiger partial charge in [-0.15, -0.1) is 0 Å². The summed E-state index contributed by atoms with van der Waals surface area (Å²) in [7, 11) is 0. The van der Waals surface area contributed by atoms with Gasteiger partial charge in [-0.25, -0.2) is 0 Å². The molecule has 4 atom stereocenters. The van der Waals surface area contributed by atoms with Gasteiger partial charge in [-0.05, 0) is 75.0 Å². The van der Waals surface area contributed by atoms with Gasteiger partial charge in [0.2, 0.25) is 0 Å². The number of nitrogens with zero attached hydrogens (tertiary/aromatic N) is 1. The quantitative estimate of drug-likeness (QED) is 0.727. The van der Waals surface area contributed by atoms with Crippen molar-refractivity contribution in [3.63, 3.8) is 0 Å². The first-order chi connectivity index (χ1) is 9.87. The van der Waals surface area contributed by atoms with Crippen molar-refractivity contribution in [2.45, 2.75) is 96.2 Å². The highest BCUT2D eigenvalue weighted by Crippen LogP contribution is 2.68. The summed E-state index contributed by atoms with van der Waals surface area (Å²) in [6.45, 7) is 7.52. The molecule has 5 fully saturated rings. The summed E-state index contributed by atoms with van der Waals surface area (Å²) >= 11 is 0. The molecule has 4 aliphatic carbocycles. The molecule has 0 spiro atoms. The van der Waals surface area contributed by atoms with Crippen molar-refractivity contribution >= 4 is 6.29 Å². The molecule has 5 aliphatic rings. The Labute approximate surface area is 129 Å². The van der Waals surface area contributed by atoms with Gasteiger partial charge in [-0.1, -0.05) is 13.8 Å². The second-order valence-corrected chi connectivity index (χ2v) is 9.74. The Morgan fingerprint density at radius 1 is 1.05 bits per heavy atom. The van der Waals surface area contributed by atoms with Crippen molar-refractivity contribution in [1.82, 2.24) is 4.90 Å². The number of rotatable bonds is 3. The van der Waals surface area contributed by atoms with Crippen LogP contribution >= 0.6 is 0 Å². The van der Waals surface area contributed by atoms with Gasteiger partial charge in [-0.3, -0.25) is 4.90 Å². The average molecular weight is 289 g/mol. The fourth-order valence-corrected chi connectivity index (χ4v) is 7.94. The zero-order valence-corrected chi connectivity index (χ0v) is 14.0. The van der Waals surface area contributed by atoms with Crippen LogP contribution in [0.5, 0.6) is 0 Å². The topological polar surface area (TPSA) is 20.3 Å². The Morgan fingerprint density at radius 3 is 2.29 bits per heavy atom. The number of hydrogen-bond donors (Lipinski definition) is 0. The summed E-state index contributed by atoms with van der Waals surface area (Å²) in [5.74, 6) is 0.945. The normalized spacial score (nSPS) is 56.0. The van der Waals surface area contributed by atoms with Gasteiger partial charge in [0.1, 0.15) is 6.29 Å². The molecule has 1 saturated heterocycles. The zero-order chi connectivity index (χ0) is 14.9. The van der Waals surface area contributed by atoms with Crippen molar-refractivity contribution in [3.8, 4) is 0 Å². The highest BCUT2D eigenvalue weighted by molar-refractivity contribution is 5.50. The highest BCUT2D eigenvalue weighted by Gasteiger charge is 2.63. The van der Waals surface area contributed by atoms with E-state index >= 15 is 0 Å². The molecule has 1 heterocycles. The fraction of sp³-hybridized carbons (Fsp3) is 0.947. The zero-order valence-electron chi connectivity index (χ0n) is 14.0. The molecule has 0 aromatic rings. The first-order valence-electron chi connectivity index (χ1n) is 9.09. The molecule has 0 amide bonds. The lowest BCUT2D eigenvalue weighted by molar-refractivity contribution is -0.172. The molecule has 4 bridgehead atoms. The summed E-state index contributed by atoms with van der Waals surface area (Å²) in [5.41, 5.74) is 1.57. The van der Waals surface area contributed by atoms with Crippen LogP contribution in [0, 0.1) is 16.7 Å². The molecule has 5 rings (SSSR count). The summed E-state index contributed by atoms with van der Waals surface area (Å²) < 4.78 is 0. The maximum absolute atomic E-state index is 11.1. The summed E-state index contributed by atoms with van der Waals surface area (Å²) in [6, 6.07) is 1.21. The first-order valence-corrected chi connectivity index (χ1v) is 9.09. The van der Waals surface area contributed by atoms with E-state index in [1.165, 1.54) is 57.7 Å². The third-order valence-corrected chi connectivity index (χ3v) is 7.30. The molecule has 21 heavy (non-hydrogen) atoms. The van der Waals surface area contributed by atoms with E-state index in [4.69, 9.17) is 0 Å². The Balaban J connectivity index is 1.71. The molecule has 2 unspecified atom stereocenters. The van der Waals surface area contributed by atoms with E-state index in [9.17, 15) is 4.79 Å². The number of carbonyl (C=O) groups excluding carboxylic acids is 1. The third-order valence-electron chi connectivity index (χ3n) is 7.30. The number of aldehydes is 1. The molecule has 0 radical (unpaired) electrons. The van der Waals surface area contributed by atoms with Crippen LogP contribution in [-0.4, -0.2) is 28.8 Å². The minimum atomic E-state index is 0.423. The minimum absolute atomic E-state index is 0.423. The van der Waals surface area contributed by atoms with E-state index in [1.807, 2.05) is 0 Å². The monoisotopic (exact) mass is 289 g/mol. The summed E-state index contributed by atoms with van der Waals surface area (Å²) in [6.07, 6.45) is 13.0. The summed E-state index contributed by atoms with van der Waals surface area (Å²) in [5, 5.41) is 0. The van der Waals surface area contributed by atoms with Crippen LogP contribution < -0.4 is 0 Å². The van der Waals surface area contributed by atoms with Crippen molar-refractivity contribution in [3.05, 3.63) is 0 Å². The second-order valence-electron chi connectivity index (χ2n) is 9.74. The average Bonchev–Trinajstić information content (AvgIpc) is 2.66. The Hall–Kier alpha value is -0.370. The van der Waals surface area contributed by atoms with Gasteiger partial charge < -0.3 is 4.79 Å². The van der Waals surface area contributed by atoms with Crippen molar-refractivity contribution in [2.24, 2.45) is 16.7 Å². The third kappa shape index (κ3) is 2.04. The molecular formula is C19H31NO. The highest BCUT2D eigenvalue weighted by atomic mass is 16.1. The molecule has 2 heteroatoms. The van der Waals surface area contributed by atoms with Gasteiger partial charge >= 0.3 is 0 Å². The van der Waals surface area contributed by atoms with Crippen LogP contribution in [0.25, 0.3) is 0 Å². The predicted molar refractivity (Wildman–Crippen MR) is 85.1 cm³/mol. The van der Waals surface area contributed by atoms with Crippen LogP contribution in [0.1, 0.15) is 78.6 Å². The summed E-state index contributed by atoms with van der Waals surface area (Å²) in [4.78, 5) is 14.0. The smallest absolute Gasteiger partial charge is 0.121 e. The fourth-order valence-electron chi connectivity index (χ4n) is 7.94.